The lowest BCUT2D eigenvalue weighted by Gasteiger charge is -2.37. The van der Waals surface area contributed by atoms with Crippen LogP contribution in [0.5, 0.6) is 0 Å². The molecule has 0 radical (unpaired) electrons. The molecule has 11 rings (SSSR count). The summed E-state index contributed by atoms with van der Waals surface area (Å²) in [6, 6.07) is 70.5. The quantitative estimate of drug-likeness (QED) is 0.153. The normalized spacial score (nSPS) is 11.9. The third kappa shape index (κ3) is 5.20. The summed E-state index contributed by atoms with van der Waals surface area (Å²) < 4.78 is 8.70. The molecule has 4 aromatic heterocycles. The fourth-order valence-electron chi connectivity index (χ4n) is 8.75. The molecule has 57 heavy (non-hydrogen) atoms. The zero-order valence-corrected chi connectivity index (χ0v) is 30.8. The number of rotatable bonds is 7. The van der Waals surface area contributed by atoms with Crippen molar-refractivity contribution in [3.05, 3.63) is 229 Å². The van der Waals surface area contributed by atoms with Gasteiger partial charge >= 0.3 is 0 Å². The maximum Gasteiger partial charge on any atom is 0.227 e. The summed E-state index contributed by atoms with van der Waals surface area (Å²) in [5.41, 5.74) is 10.2. The lowest BCUT2D eigenvalue weighted by Crippen LogP contribution is -2.30. The van der Waals surface area contributed by atoms with Crippen LogP contribution in [0.3, 0.4) is 0 Å². The minimum Gasteiger partial charge on any atom is -0.437 e. The molecule has 0 unspecified atom stereocenters. The van der Waals surface area contributed by atoms with Gasteiger partial charge in [-0.05, 0) is 52.6 Å². The molecule has 0 saturated heterocycles. The molecule has 0 fully saturated rings. The zero-order valence-electron chi connectivity index (χ0n) is 30.8. The van der Waals surface area contributed by atoms with Gasteiger partial charge in [-0.15, -0.1) is 0 Å². The largest absolute Gasteiger partial charge is 0.437 e. The Bertz CT molecular complexity index is 3070. The maximum absolute atomic E-state index is 6.46. The highest BCUT2D eigenvalue weighted by Gasteiger charge is 2.38. The molecule has 0 aliphatic heterocycles. The van der Waals surface area contributed by atoms with E-state index in [9.17, 15) is 0 Å². The Morgan fingerprint density at radius 1 is 0.439 bits per heavy atom. The van der Waals surface area contributed by atoms with Gasteiger partial charge in [-0.1, -0.05) is 164 Å². The Morgan fingerprint density at radius 2 is 0.965 bits per heavy atom. The number of pyridine rings is 1. The lowest BCUT2D eigenvalue weighted by atomic mass is 9.65. The number of furan rings is 1. The molecule has 4 heterocycles. The number of hydrogen-bond donors (Lipinski definition) is 0. The SMILES string of the molecule is c1ccc(C(c2ccccc2)(c2ccccc2)c2ccc(-c3nc(-c4cccc5c4oc4ncccc45)cc(-n4c5ccccc5c5ccccc54)n3)cc2)cc1. The fourth-order valence-corrected chi connectivity index (χ4v) is 8.75. The summed E-state index contributed by atoms with van der Waals surface area (Å²) in [5, 5.41) is 4.31. The van der Waals surface area contributed by atoms with Crippen molar-refractivity contribution in [2.24, 2.45) is 0 Å². The van der Waals surface area contributed by atoms with Crippen LogP contribution in [0.2, 0.25) is 0 Å². The second-order valence-corrected chi connectivity index (χ2v) is 14.4. The molecular weight excluding hydrogens is 697 g/mol. The Balaban J connectivity index is 1.15. The number of hydrogen-bond acceptors (Lipinski definition) is 4. The van der Waals surface area contributed by atoms with Gasteiger partial charge in [0.25, 0.3) is 0 Å². The highest BCUT2D eigenvalue weighted by molar-refractivity contribution is 6.10. The maximum atomic E-state index is 6.46. The van der Waals surface area contributed by atoms with Gasteiger partial charge in [-0.3, -0.25) is 4.57 Å². The molecule has 11 aromatic rings. The zero-order chi connectivity index (χ0) is 37.8. The molecule has 0 aliphatic carbocycles. The minimum atomic E-state index is -0.565. The fraction of sp³-hybridized carbons (Fsp3) is 0.0192. The van der Waals surface area contributed by atoms with Crippen molar-refractivity contribution in [3.63, 3.8) is 0 Å². The van der Waals surface area contributed by atoms with Crippen LogP contribution in [0, 0.1) is 0 Å². The van der Waals surface area contributed by atoms with Crippen molar-refractivity contribution >= 4 is 43.9 Å². The molecule has 0 saturated carbocycles. The van der Waals surface area contributed by atoms with Gasteiger partial charge in [0.05, 0.1) is 22.1 Å². The van der Waals surface area contributed by atoms with E-state index in [1.807, 2.05) is 6.07 Å². The van der Waals surface area contributed by atoms with E-state index in [2.05, 4.69) is 204 Å². The molecular formula is C52H34N4O. The first-order chi connectivity index (χ1) is 28.3. The van der Waals surface area contributed by atoms with Crippen LogP contribution in [-0.4, -0.2) is 19.5 Å². The van der Waals surface area contributed by atoms with Gasteiger partial charge in [0, 0.05) is 44.9 Å². The van der Waals surface area contributed by atoms with E-state index in [1.165, 1.54) is 27.5 Å². The van der Waals surface area contributed by atoms with E-state index >= 15 is 0 Å². The van der Waals surface area contributed by atoms with Crippen molar-refractivity contribution in [1.29, 1.82) is 0 Å². The Hall–Kier alpha value is -7.63. The van der Waals surface area contributed by atoms with Crippen molar-refractivity contribution in [1.82, 2.24) is 19.5 Å². The summed E-state index contributed by atoms with van der Waals surface area (Å²) in [6.45, 7) is 0. The first-order valence-corrected chi connectivity index (χ1v) is 19.2. The summed E-state index contributed by atoms with van der Waals surface area (Å²) >= 11 is 0. The second kappa shape index (κ2) is 13.3. The summed E-state index contributed by atoms with van der Waals surface area (Å²) in [6.07, 6.45) is 1.76. The van der Waals surface area contributed by atoms with E-state index in [4.69, 9.17) is 14.4 Å². The van der Waals surface area contributed by atoms with Gasteiger partial charge in [-0.2, -0.15) is 0 Å². The lowest BCUT2D eigenvalue weighted by molar-refractivity contribution is 0.655. The van der Waals surface area contributed by atoms with E-state index in [1.54, 1.807) is 6.20 Å². The average Bonchev–Trinajstić information content (AvgIpc) is 3.84. The number of nitrogens with zero attached hydrogens (tertiary/aromatic N) is 4. The monoisotopic (exact) mass is 730 g/mol. The molecule has 0 N–H and O–H groups in total. The summed E-state index contributed by atoms with van der Waals surface area (Å²) in [5.74, 6) is 1.39. The molecule has 0 aliphatic rings. The molecule has 0 amide bonds. The van der Waals surface area contributed by atoms with Crippen molar-refractivity contribution in [2.45, 2.75) is 5.41 Å². The van der Waals surface area contributed by atoms with Gasteiger partial charge in [0.15, 0.2) is 5.82 Å². The molecule has 5 nitrogen and oxygen atoms in total. The third-order valence-electron chi connectivity index (χ3n) is 11.3. The Kier molecular flexibility index (Phi) is 7.64. The van der Waals surface area contributed by atoms with Crippen molar-refractivity contribution in [3.8, 4) is 28.5 Å². The predicted molar refractivity (Wildman–Crippen MR) is 231 cm³/mol. The topological polar surface area (TPSA) is 56.7 Å². The highest BCUT2D eigenvalue weighted by Crippen LogP contribution is 2.45. The number of aromatic nitrogens is 4. The molecule has 7 aromatic carbocycles. The minimum absolute atomic E-state index is 0.565. The predicted octanol–water partition coefficient (Wildman–Crippen LogP) is 12.6. The van der Waals surface area contributed by atoms with E-state index in [-0.39, 0.29) is 0 Å². The van der Waals surface area contributed by atoms with Crippen LogP contribution in [0.4, 0.5) is 0 Å². The first-order valence-electron chi connectivity index (χ1n) is 19.2. The van der Waals surface area contributed by atoms with Gasteiger partial charge in [0.1, 0.15) is 11.4 Å². The molecule has 268 valence electrons. The summed E-state index contributed by atoms with van der Waals surface area (Å²) in [7, 11) is 0. The van der Waals surface area contributed by atoms with Crippen LogP contribution >= 0.6 is 0 Å². The smallest absolute Gasteiger partial charge is 0.227 e. The standard InChI is InChI=1S/C52H34N4O/c1-4-16-36(17-5-1)52(37-18-6-2-7-19-37,38-20-8-3-9-21-38)39-31-29-35(30-32-39)50-54-45(44-25-14-24-42-43-26-15-33-53-51(43)57-49(42)44)34-48(55-50)56-46-27-12-10-22-40(46)41-23-11-13-28-47(41)56/h1-34H. The van der Waals surface area contributed by atoms with Gasteiger partial charge in [0.2, 0.25) is 5.71 Å². The van der Waals surface area contributed by atoms with E-state index < -0.39 is 5.41 Å². The summed E-state index contributed by atoms with van der Waals surface area (Å²) in [4.78, 5) is 15.2. The van der Waals surface area contributed by atoms with Crippen LogP contribution in [-0.2, 0) is 5.41 Å². The van der Waals surface area contributed by atoms with E-state index in [0.29, 0.717) is 11.5 Å². The number of fused-ring (bicyclic) bond motifs is 6. The number of para-hydroxylation sites is 3. The molecule has 0 atom stereocenters. The van der Waals surface area contributed by atoms with Crippen LogP contribution in [0.25, 0.3) is 72.3 Å². The average molecular weight is 731 g/mol. The Morgan fingerprint density at radius 3 is 1.58 bits per heavy atom. The van der Waals surface area contributed by atoms with Crippen molar-refractivity contribution in [2.75, 3.05) is 0 Å². The van der Waals surface area contributed by atoms with Crippen molar-refractivity contribution < 1.29 is 4.42 Å². The highest BCUT2D eigenvalue weighted by atomic mass is 16.3. The Labute approximate surface area is 329 Å². The molecule has 0 spiro atoms. The first kappa shape index (κ1) is 32.8. The van der Waals surface area contributed by atoms with Gasteiger partial charge < -0.3 is 4.42 Å². The van der Waals surface area contributed by atoms with E-state index in [0.717, 1.165) is 55.6 Å². The van der Waals surface area contributed by atoms with Gasteiger partial charge in [-0.25, -0.2) is 15.0 Å². The number of benzene rings is 7. The van der Waals surface area contributed by atoms with Crippen LogP contribution < -0.4 is 0 Å². The molecule has 5 heteroatoms. The third-order valence-corrected chi connectivity index (χ3v) is 11.3. The molecule has 0 bridgehead atoms. The van der Waals surface area contributed by atoms with Crippen LogP contribution in [0.1, 0.15) is 22.3 Å². The van der Waals surface area contributed by atoms with Crippen LogP contribution in [0.15, 0.2) is 211 Å². The second-order valence-electron chi connectivity index (χ2n) is 14.4.